The van der Waals surface area contributed by atoms with Crippen LogP contribution in [-0.4, -0.2) is 66.8 Å². The molecule has 5 heteroatoms. The van der Waals surface area contributed by atoms with Crippen molar-refractivity contribution in [3.63, 3.8) is 0 Å². The summed E-state index contributed by atoms with van der Waals surface area (Å²) in [4.78, 5) is 9.51. The summed E-state index contributed by atoms with van der Waals surface area (Å²) in [5.74, 6) is 0.731. The fourth-order valence-electron chi connectivity index (χ4n) is 3.68. The van der Waals surface area contributed by atoms with E-state index in [-0.39, 0.29) is 6.10 Å². The van der Waals surface area contributed by atoms with Gasteiger partial charge in [-0.15, -0.1) is 6.58 Å². The Hall–Kier alpha value is -1.43. The summed E-state index contributed by atoms with van der Waals surface area (Å²) in [5.41, 5.74) is 1.27. The Bertz CT molecular complexity index is 523. The molecule has 144 valence electrons. The summed E-state index contributed by atoms with van der Waals surface area (Å²) in [6, 6.07) is 4.19. The van der Waals surface area contributed by atoms with Gasteiger partial charge in [0.15, 0.2) is 0 Å². The van der Waals surface area contributed by atoms with Gasteiger partial charge in [-0.1, -0.05) is 18.6 Å². The van der Waals surface area contributed by atoms with E-state index in [1.165, 1.54) is 37.9 Å². The molecule has 2 aliphatic rings. The van der Waals surface area contributed by atoms with E-state index in [2.05, 4.69) is 27.4 Å². The van der Waals surface area contributed by atoms with E-state index < -0.39 is 0 Å². The lowest BCUT2D eigenvalue weighted by molar-refractivity contribution is 0.0174. The van der Waals surface area contributed by atoms with Gasteiger partial charge in [0.05, 0.1) is 13.2 Å². The smallest absolute Gasteiger partial charge is 0.213 e. The largest absolute Gasteiger partial charge is 0.473 e. The van der Waals surface area contributed by atoms with Crippen molar-refractivity contribution in [3.05, 3.63) is 36.5 Å². The number of rotatable bonds is 9. The van der Waals surface area contributed by atoms with E-state index in [0.717, 1.165) is 58.1 Å². The summed E-state index contributed by atoms with van der Waals surface area (Å²) >= 11 is 0. The third-order valence-electron chi connectivity index (χ3n) is 5.20. The van der Waals surface area contributed by atoms with Crippen LogP contribution in [0.2, 0.25) is 0 Å². The van der Waals surface area contributed by atoms with Crippen LogP contribution in [0.15, 0.2) is 31.0 Å². The van der Waals surface area contributed by atoms with Crippen molar-refractivity contribution in [2.75, 3.05) is 45.9 Å². The first-order valence-electron chi connectivity index (χ1n) is 10.1. The molecular weight excluding hydrogens is 326 g/mol. The van der Waals surface area contributed by atoms with E-state index in [9.17, 15) is 0 Å². The number of piperidine rings is 1. The predicted molar refractivity (Wildman–Crippen MR) is 104 cm³/mol. The number of allylic oxidation sites excluding steroid dienone is 1. The summed E-state index contributed by atoms with van der Waals surface area (Å²) < 4.78 is 11.7. The lowest BCUT2D eigenvalue weighted by Gasteiger charge is -2.30. The third-order valence-corrected chi connectivity index (χ3v) is 5.20. The Morgan fingerprint density at radius 2 is 1.92 bits per heavy atom. The minimum atomic E-state index is 0.145. The molecule has 2 saturated heterocycles. The van der Waals surface area contributed by atoms with E-state index in [1.807, 2.05) is 18.3 Å². The number of likely N-dealkylation sites (tertiary alicyclic amines) is 1. The van der Waals surface area contributed by atoms with Crippen molar-refractivity contribution < 1.29 is 9.47 Å². The second-order valence-electron chi connectivity index (χ2n) is 7.36. The normalized spacial score (nSPS) is 20.6. The van der Waals surface area contributed by atoms with Crippen molar-refractivity contribution in [2.24, 2.45) is 0 Å². The molecule has 3 heterocycles. The number of ether oxygens (including phenoxy) is 2. The van der Waals surface area contributed by atoms with Gasteiger partial charge < -0.3 is 9.47 Å². The number of hydrogen-bond donors (Lipinski definition) is 0. The summed E-state index contributed by atoms with van der Waals surface area (Å²) in [6.45, 7) is 11.8. The molecule has 0 unspecified atom stereocenters. The van der Waals surface area contributed by atoms with Gasteiger partial charge in [-0.2, -0.15) is 0 Å². The maximum absolute atomic E-state index is 6.21. The molecule has 0 aliphatic carbocycles. The highest BCUT2D eigenvalue weighted by molar-refractivity contribution is 5.18. The molecule has 5 nitrogen and oxygen atoms in total. The molecule has 0 N–H and O–H groups in total. The molecule has 0 saturated carbocycles. The molecule has 3 rings (SSSR count). The van der Waals surface area contributed by atoms with Gasteiger partial charge in [0.1, 0.15) is 6.10 Å². The van der Waals surface area contributed by atoms with Crippen molar-refractivity contribution in [1.82, 2.24) is 14.8 Å². The van der Waals surface area contributed by atoms with Gasteiger partial charge in [-0.3, -0.25) is 9.80 Å². The van der Waals surface area contributed by atoms with Crippen LogP contribution < -0.4 is 4.74 Å². The lowest BCUT2D eigenvalue weighted by atomic mass is 10.1. The topological polar surface area (TPSA) is 37.8 Å². The number of nitrogens with zero attached hydrogens (tertiary/aromatic N) is 3. The summed E-state index contributed by atoms with van der Waals surface area (Å²) in [5, 5.41) is 0. The highest BCUT2D eigenvalue weighted by atomic mass is 16.5. The van der Waals surface area contributed by atoms with Gasteiger partial charge in [-0.05, 0) is 44.3 Å². The van der Waals surface area contributed by atoms with Crippen LogP contribution in [0.5, 0.6) is 5.88 Å². The predicted octanol–water partition coefficient (Wildman–Crippen LogP) is 3.11. The Morgan fingerprint density at radius 1 is 1.12 bits per heavy atom. The molecular formula is C21H33N3O2. The Kier molecular flexibility index (Phi) is 7.92. The van der Waals surface area contributed by atoms with E-state index in [0.29, 0.717) is 0 Å². The quantitative estimate of drug-likeness (QED) is 0.634. The van der Waals surface area contributed by atoms with E-state index >= 15 is 0 Å². The Labute approximate surface area is 158 Å². The highest BCUT2D eigenvalue weighted by Crippen LogP contribution is 2.17. The Morgan fingerprint density at radius 3 is 2.62 bits per heavy atom. The first-order chi connectivity index (χ1) is 12.8. The van der Waals surface area contributed by atoms with Gasteiger partial charge in [-0.25, -0.2) is 4.98 Å². The fourth-order valence-corrected chi connectivity index (χ4v) is 3.68. The second kappa shape index (κ2) is 10.7. The maximum atomic E-state index is 6.21. The number of pyridine rings is 1. The van der Waals surface area contributed by atoms with Crippen LogP contribution in [0.25, 0.3) is 0 Å². The molecule has 0 bridgehead atoms. The minimum absolute atomic E-state index is 0.145. The molecule has 1 atom stereocenters. The molecule has 1 aromatic rings. The second-order valence-corrected chi connectivity index (χ2v) is 7.36. The summed E-state index contributed by atoms with van der Waals surface area (Å²) in [7, 11) is 0. The van der Waals surface area contributed by atoms with Crippen molar-refractivity contribution in [3.8, 4) is 5.88 Å². The molecule has 0 amide bonds. The van der Waals surface area contributed by atoms with Crippen LogP contribution in [0, 0.1) is 0 Å². The van der Waals surface area contributed by atoms with Crippen LogP contribution >= 0.6 is 0 Å². The van der Waals surface area contributed by atoms with Crippen molar-refractivity contribution in [2.45, 2.75) is 44.8 Å². The first kappa shape index (κ1) is 19.3. The van der Waals surface area contributed by atoms with E-state index in [4.69, 9.17) is 9.47 Å². The van der Waals surface area contributed by atoms with Crippen LogP contribution in [-0.2, 0) is 11.3 Å². The van der Waals surface area contributed by atoms with Crippen molar-refractivity contribution >= 4 is 0 Å². The zero-order chi connectivity index (χ0) is 18.0. The molecule has 26 heavy (non-hydrogen) atoms. The zero-order valence-corrected chi connectivity index (χ0v) is 15.9. The number of hydrogen-bond acceptors (Lipinski definition) is 5. The van der Waals surface area contributed by atoms with E-state index in [1.54, 1.807) is 0 Å². The lowest BCUT2D eigenvalue weighted by Crippen LogP contribution is -2.42. The highest BCUT2D eigenvalue weighted by Gasteiger charge is 2.18. The summed E-state index contributed by atoms with van der Waals surface area (Å²) in [6.07, 6.45) is 10.0. The average Bonchev–Trinajstić information content (AvgIpc) is 2.69. The minimum Gasteiger partial charge on any atom is -0.473 e. The Balaban J connectivity index is 1.52. The van der Waals surface area contributed by atoms with Crippen LogP contribution in [0.1, 0.15) is 37.7 Å². The zero-order valence-electron chi connectivity index (χ0n) is 15.9. The maximum Gasteiger partial charge on any atom is 0.213 e. The monoisotopic (exact) mass is 359 g/mol. The molecule has 0 spiro atoms. The molecule has 2 aliphatic heterocycles. The first-order valence-corrected chi connectivity index (χ1v) is 10.1. The standard InChI is InChI=1S/C21H33N3O2/c1-2-3-7-20(18-24-12-14-25-15-13-24)26-21-9-8-19(16-22-21)17-23-10-5-4-6-11-23/h2,8-9,16,20H,1,3-7,10-15,17-18H2/t20-/m1/s1. The van der Waals surface area contributed by atoms with Gasteiger partial charge >= 0.3 is 0 Å². The molecule has 2 fully saturated rings. The van der Waals surface area contributed by atoms with Crippen LogP contribution in [0.3, 0.4) is 0 Å². The van der Waals surface area contributed by atoms with Crippen LogP contribution in [0.4, 0.5) is 0 Å². The van der Waals surface area contributed by atoms with Gasteiger partial charge in [0.2, 0.25) is 5.88 Å². The SMILES string of the molecule is C=CCC[C@H](CN1CCOCC1)Oc1ccc(CN2CCCCC2)cn1. The van der Waals surface area contributed by atoms with Crippen molar-refractivity contribution in [1.29, 1.82) is 0 Å². The van der Waals surface area contributed by atoms with Gasteiger partial charge in [0, 0.05) is 38.4 Å². The number of aromatic nitrogens is 1. The third kappa shape index (κ3) is 6.38. The van der Waals surface area contributed by atoms with Gasteiger partial charge in [0.25, 0.3) is 0 Å². The number of morpholine rings is 1. The molecule has 1 aromatic heterocycles. The fraction of sp³-hybridized carbons (Fsp3) is 0.667. The molecule has 0 radical (unpaired) electrons. The molecule has 0 aromatic carbocycles. The average molecular weight is 360 g/mol.